The fourth-order valence-corrected chi connectivity index (χ4v) is 2.42. The van der Waals surface area contributed by atoms with Crippen molar-refractivity contribution in [3.05, 3.63) is 23.4 Å². The summed E-state index contributed by atoms with van der Waals surface area (Å²) in [4.78, 5) is 20.0. The zero-order chi connectivity index (χ0) is 14.4. The molecule has 1 aromatic heterocycles. The number of carbonyl (C=O) groups excluding carboxylic acids is 1. The lowest BCUT2D eigenvalue weighted by atomic mass is 10.2. The molecule has 1 saturated heterocycles. The van der Waals surface area contributed by atoms with Gasteiger partial charge in [0.15, 0.2) is 0 Å². The van der Waals surface area contributed by atoms with Crippen LogP contribution in [0.5, 0.6) is 0 Å². The minimum atomic E-state index is -0.131. The lowest BCUT2D eigenvalue weighted by Crippen LogP contribution is -2.47. The molecule has 0 atom stereocenters. The molecule has 0 aromatic carbocycles. The molecule has 110 valence electrons. The van der Waals surface area contributed by atoms with Crippen molar-refractivity contribution in [2.75, 3.05) is 44.7 Å². The van der Waals surface area contributed by atoms with E-state index in [0.717, 1.165) is 45.0 Å². The Labute approximate surface area is 124 Å². The number of pyridine rings is 1. The highest BCUT2D eigenvalue weighted by Gasteiger charge is 2.17. The zero-order valence-electron chi connectivity index (χ0n) is 11.7. The van der Waals surface area contributed by atoms with E-state index in [4.69, 9.17) is 11.6 Å². The molecule has 0 saturated carbocycles. The van der Waals surface area contributed by atoms with E-state index in [2.05, 4.69) is 19.5 Å². The number of carbonyl (C=O) groups is 1. The first-order valence-electron chi connectivity index (χ1n) is 6.84. The van der Waals surface area contributed by atoms with Crippen molar-refractivity contribution in [3.8, 4) is 0 Å². The average Bonchev–Trinajstić information content (AvgIpc) is 2.48. The van der Waals surface area contributed by atoms with Gasteiger partial charge in [-0.2, -0.15) is 0 Å². The van der Waals surface area contributed by atoms with Gasteiger partial charge in [-0.1, -0.05) is 11.6 Å². The van der Waals surface area contributed by atoms with Gasteiger partial charge in [-0.15, -0.1) is 0 Å². The van der Waals surface area contributed by atoms with Crippen LogP contribution in [0.15, 0.2) is 18.3 Å². The number of rotatable bonds is 5. The summed E-state index contributed by atoms with van der Waals surface area (Å²) in [5.74, 6) is 0.845. The molecule has 6 heteroatoms. The number of hydrogen-bond donors (Lipinski definition) is 0. The summed E-state index contributed by atoms with van der Waals surface area (Å²) >= 11 is 5.84. The molecule has 0 aliphatic carbocycles. The highest BCUT2D eigenvalue weighted by molar-refractivity contribution is 6.30. The van der Waals surface area contributed by atoms with Crippen LogP contribution in [0.4, 0.5) is 5.82 Å². The maximum atomic E-state index is 11.1. The predicted octanol–water partition coefficient (Wildman–Crippen LogP) is 1.81. The topological polar surface area (TPSA) is 45.7 Å². The normalized spacial score (nSPS) is 16.2. The molecule has 0 N–H and O–H groups in total. The zero-order valence-corrected chi connectivity index (χ0v) is 12.5. The molecule has 0 unspecified atom stereocenters. The van der Waals surface area contributed by atoms with Crippen LogP contribution in [0, 0.1) is 0 Å². The number of anilines is 1. The van der Waals surface area contributed by atoms with Gasteiger partial charge in [-0.3, -0.25) is 9.69 Å². The van der Waals surface area contributed by atoms with Crippen LogP contribution in [-0.4, -0.2) is 55.7 Å². The Kier molecular flexibility index (Phi) is 5.61. The lowest BCUT2D eigenvalue weighted by Gasteiger charge is -2.35. The summed E-state index contributed by atoms with van der Waals surface area (Å²) in [6.45, 7) is 4.83. The van der Waals surface area contributed by atoms with Crippen LogP contribution in [0.3, 0.4) is 0 Å². The molecular formula is C14H20ClN3O2. The van der Waals surface area contributed by atoms with Gasteiger partial charge in [-0.25, -0.2) is 4.98 Å². The Morgan fingerprint density at radius 1 is 1.35 bits per heavy atom. The van der Waals surface area contributed by atoms with Crippen molar-refractivity contribution in [1.82, 2.24) is 9.88 Å². The van der Waals surface area contributed by atoms with Crippen molar-refractivity contribution in [1.29, 1.82) is 0 Å². The molecule has 1 aliphatic rings. The summed E-state index contributed by atoms with van der Waals surface area (Å²) in [5.41, 5.74) is 0. The summed E-state index contributed by atoms with van der Waals surface area (Å²) in [6, 6.07) is 3.82. The van der Waals surface area contributed by atoms with E-state index in [0.29, 0.717) is 11.4 Å². The number of aromatic nitrogens is 1. The van der Waals surface area contributed by atoms with E-state index in [9.17, 15) is 4.79 Å². The maximum absolute atomic E-state index is 11.1. The minimum Gasteiger partial charge on any atom is -0.469 e. The largest absolute Gasteiger partial charge is 0.469 e. The third kappa shape index (κ3) is 4.35. The van der Waals surface area contributed by atoms with E-state index in [1.807, 2.05) is 12.1 Å². The van der Waals surface area contributed by atoms with E-state index < -0.39 is 0 Å². The van der Waals surface area contributed by atoms with Gasteiger partial charge in [0.05, 0.1) is 12.1 Å². The van der Waals surface area contributed by atoms with Crippen LogP contribution in [0.2, 0.25) is 5.02 Å². The Hall–Kier alpha value is -1.33. The number of piperazine rings is 1. The number of nitrogens with zero attached hydrogens (tertiary/aromatic N) is 3. The fraction of sp³-hybridized carbons (Fsp3) is 0.571. The third-order valence-electron chi connectivity index (χ3n) is 3.49. The molecule has 0 amide bonds. The summed E-state index contributed by atoms with van der Waals surface area (Å²) < 4.78 is 4.64. The molecule has 5 nitrogen and oxygen atoms in total. The number of ether oxygens (including phenoxy) is 1. The van der Waals surface area contributed by atoms with Gasteiger partial charge in [-0.05, 0) is 25.1 Å². The third-order valence-corrected chi connectivity index (χ3v) is 3.71. The SMILES string of the molecule is COC(=O)CCCN1CCN(c2ccc(Cl)cn2)CC1. The van der Waals surface area contributed by atoms with Gasteiger partial charge >= 0.3 is 5.97 Å². The summed E-state index contributed by atoms with van der Waals surface area (Å²) in [5, 5.41) is 0.662. The number of hydrogen-bond acceptors (Lipinski definition) is 5. The average molecular weight is 298 g/mol. The first-order chi connectivity index (χ1) is 9.69. The van der Waals surface area contributed by atoms with Gasteiger partial charge in [0.2, 0.25) is 0 Å². The molecule has 2 rings (SSSR count). The Bertz CT molecular complexity index is 431. The first-order valence-corrected chi connectivity index (χ1v) is 7.22. The molecular weight excluding hydrogens is 278 g/mol. The van der Waals surface area contributed by atoms with Gasteiger partial charge in [0.25, 0.3) is 0 Å². The second-order valence-electron chi connectivity index (χ2n) is 4.84. The second-order valence-corrected chi connectivity index (χ2v) is 5.28. The molecule has 1 aliphatic heterocycles. The molecule has 2 heterocycles. The van der Waals surface area contributed by atoms with Crippen molar-refractivity contribution >= 4 is 23.4 Å². The predicted molar refractivity (Wildman–Crippen MR) is 79.2 cm³/mol. The van der Waals surface area contributed by atoms with Crippen molar-refractivity contribution in [2.24, 2.45) is 0 Å². The van der Waals surface area contributed by atoms with E-state index >= 15 is 0 Å². The number of esters is 1. The summed E-state index contributed by atoms with van der Waals surface area (Å²) in [7, 11) is 1.43. The highest BCUT2D eigenvalue weighted by atomic mass is 35.5. The smallest absolute Gasteiger partial charge is 0.305 e. The van der Waals surface area contributed by atoms with E-state index in [-0.39, 0.29) is 5.97 Å². The molecule has 0 spiro atoms. The van der Waals surface area contributed by atoms with Crippen LogP contribution in [-0.2, 0) is 9.53 Å². The van der Waals surface area contributed by atoms with Crippen LogP contribution < -0.4 is 4.90 Å². The van der Waals surface area contributed by atoms with Crippen LogP contribution in [0.1, 0.15) is 12.8 Å². The van der Waals surface area contributed by atoms with Gasteiger partial charge in [0.1, 0.15) is 5.82 Å². The van der Waals surface area contributed by atoms with Crippen LogP contribution in [0.25, 0.3) is 0 Å². The molecule has 0 bridgehead atoms. The molecule has 20 heavy (non-hydrogen) atoms. The van der Waals surface area contributed by atoms with Crippen molar-refractivity contribution < 1.29 is 9.53 Å². The molecule has 1 aromatic rings. The Balaban J connectivity index is 1.72. The number of halogens is 1. The fourth-order valence-electron chi connectivity index (χ4n) is 2.30. The quantitative estimate of drug-likeness (QED) is 0.776. The maximum Gasteiger partial charge on any atom is 0.305 e. The second kappa shape index (κ2) is 7.45. The van der Waals surface area contributed by atoms with E-state index in [1.165, 1.54) is 7.11 Å². The summed E-state index contributed by atoms with van der Waals surface area (Å²) in [6.07, 6.45) is 3.03. The lowest BCUT2D eigenvalue weighted by molar-refractivity contribution is -0.140. The Morgan fingerprint density at radius 3 is 2.70 bits per heavy atom. The molecule has 0 radical (unpaired) electrons. The number of methoxy groups -OCH3 is 1. The van der Waals surface area contributed by atoms with Gasteiger partial charge in [0, 0.05) is 38.8 Å². The van der Waals surface area contributed by atoms with Gasteiger partial charge < -0.3 is 9.64 Å². The van der Waals surface area contributed by atoms with Crippen LogP contribution >= 0.6 is 11.6 Å². The van der Waals surface area contributed by atoms with Crippen molar-refractivity contribution in [2.45, 2.75) is 12.8 Å². The Morgan fingerprint density at radius 2 is 2.10 bits per heavy atom. The molecule has 1 fully saturated rings. The first kappa shape index (κ1) is 15.1. The minimum absolute atomic E-state index is 0.131. The van der Waals surface area contributed by atoms with E-state index in [1.54, 1.807) is 6.20 Å². The standard InChI is InChI=1S/C14H20ClN3O2/c1-20-14(19)3-2-6-17-7-9-18(10-8-17)13-5-4-12(15)11-16-13/h4-5,11H,2-3,6-10H2,1H3. The van der Waals surface area contributed by atoms with Crippen molar-refractivity contribution in [3.63, 3.8) is 0 Å². The monoisotopic (exact) mass is 297 g/mol. The highest BCUT2D eigenvalue weighted by Crippen LogP contribution is 2.16.